The summed E-state index contributed by atoms with van der Waals surface area (Å²) >= 11 is 0. The van der Waals surface area contributed by atoms with E-state index in [1.54, 1.807) is 0 Å². The predicted molar refractivity (Wildman–Crippen MR) is 64.8 cm³/mol. The predicted octanol–water partition coefficient (Wildman–Crippen LogP) is 3.72. The third kappa shape index (κ3) is 1.93. The van der Waals surface area contributed by atoms with Crippen molar-refractivity contribution in [2.45, 2.75) is 59.2 Å². The molecule has 2 heteroatoms. The van der Waals surface area contributed by atoms with Crippen molar-refractivity contribution < 1.29 is 9.78 Å². The molecule has 0 saturated heterocycles. The maximum atomic E-state index is 5.55. The first-order valence-electron chi connectivity index (χ1n) is 6.25. The molecule has 3 saturated carbocycles. The highest BCUT2D eigenvalue weighted by Crippen LogP contribution is 2.61. The molecule has 0 amide bonds. The monoisotopic (exact) mass is 224 g/mol. The fourth-order valence-electron chi connectivity index (χ4n) is 2.98. The summed E-state index contributed by atoms with van der Waals surface area (Å²) in [6.07, 6.45) is 2.47. The Morgan fingerprint density at radius 3 is 2.31 bits per heavy atom. The molecule has 0 N–H and O–H groups in total. The molecule has 3 aliphatic rings. The molecule has 3 fully saturated rings. The van der Waals surface area contributed by atoms with Crippen LogP contribution in [0, 0.1) is 17.3 Å². The number of fused-ring (bicyclic) bond motifs is 2. The zero-order valence-electron chi connectivity index (χ0n) is 11.2. The molecule has 3 aliphatic carbocycles. The first-order chi connectivity index (χ1) is 7.22. The topological polar surface area (TPSA) is 18.5 Å². The van der Waals surface area contributed by atoms with Crippen molar-refractivity contribution in [2.75, 3.05) is 0 Å². The van der Waals surface area contributed by atoms with Gasteiger partial charge in [-0.2, -0.15) is 0 Å². The summed E-state index contributed by atoms with van der Waals surface area (Å²) in [5, 5.41) is 0. The van der Waals surface area contributed by atoms with Crippen molar-refractivity contribution in [1.82, 2.24) is 0 Å². The van der Waals surface area contributed by atoms with Gasteiger partial charge in [-0.1, -0.05) is 20.4 Å². The Balaban J connectivity index is 1.94. The molecule has 92 valence electrons. The van der Waals surface area contributed by atoms with Gasteiger partial charge in [0.05, 0.1) is 5.60 Å². The Bertz CT molecular complexity index is 298. The fraction of sp³-hybridized carbons (Fsp3) is 0.857. The summed E-state index contributed by atoms with van der Waals surface area (Å²) in [7, 11) is 0. The summed E-state index contributed by atoms with van der Waals surface area (Å²) in [6.45, 7) is 14.9. The van der Waals surface area contributed by atoms with Gasteiger partial charge in [0.15, 0.2) is 0 Å². The third-order valence-corrected chi connectivity index (χ3v) is 4.24. The summed E-state index contributed by atoms with van der Waals surface area (Å²) in [6, 6.07) is 0. The average Bonchev–Trinajstić information content (AvgIpc) is 2.13. The van der Waals surface area contributed by atoms with Crippen LogP contribution in [-0.2, 0) is 9.78 Å². The zero-order chi connectivity index (χ0) is 12.1. The first kappa shape index (κ1) is 12.1. The average molecular weight is 224 g/mol. The van der Waals surface area contributed by atoms with E-state index in [1.807, 2.05) is 20.8 Å². The molecule has 16 heavy (non-hydrogen) atoms. The van der Waals surface area contributed by atoms with E-state index in [0.29, 0.717) is 11.3 Å². The van der Waals surface area contributed by atoms with Crippen molar-refractivity contribution in [3.05, 3.63) is 12.2 Å². The molecule has 3 rings (SSSR count). The van der Waals surface area contributed by atoms with Crippen molar-refractivity contribution in [3.63, 3.8) is 0 Å². The van der Waals surface area contributed by atoms with Gasteiger partial charge in [-0.3, -0.25) is 0 Å². The minimum Gasteiger partial charge on any atom is -0.230 e. The highest BCUT2D eigenvalue weighted by molar-refractivity contribution is 5.23. The molecular formula is C14H24O2. The van der Waals surface area contributed by atoms with Crippen LogP contribution in [0.5, 0.6) is 0 Å². The van der Waals surface area contributed by atoms with Gasteiger partial charge >= 0.3 is 0 Å². The van der Waals surface area contributed by atoms with E-state index < -0.39 is 0 Å². The van der Waals surface area contributed by atoms with Gasteiger partial charge in [0, 0.05) is 0 Å². The SMILES string of the molecule is C=C1C(OOC(C)(C)C)C[C@H]2C[C@@H]1C2(C)C. The van der Waals surface area contributed by atoms with Crippen LogP contribution in [0.25, 0.3) is 0 Å². The second-order valence-corrected chi connectivity index (χ2v) is 6.90. The van der Waals surface area contributed by atoms with E-state index in [4.69, 9.17) is 9.78 Å². The lowest BCUT2D eigenvalue weighted by Gasteiger charge is -2.59. The molecule has 2 bridgehead atoms. The second-order valence-electron chi connectivity index (χ2n) is 6.90. The smallest absolute Gasteiger partial charge is 0.114 e. The molecule has 2 nitrogen and oxygen atoms in total. The minimum absolute atomic E-state index is 0.107. The molecule has 0 heterocycles. The van der Waals surface area contributed by atoms with E-state index in [2.05, 4.69) is 20.4 Å². The Kier molecular flexibility index (Phi) is 2.71. The van der Waals surface area contributed by atoms with Gasteiger partial charge in [0.25, 0.3) is 0 Å². The lowest BCUT2D eigenvalue weighted by atomic mass is 9.47. The van der Waals surface area contributed by atoms with Crippen LogP contribution < -0.4 is 0 Å². The molecule has 0 radical (unpaired) electrons. The van der Waals surface area contributed by atoms with Gasteiger partial charge in [-0.15, -0.1) is 0 Å². The largest absolute Gasteiger partial charge is 0.230 e. The van der Waals surface area contributed by atoms with Crippen LogP contribution in [0.3, 0.4) is 0 Å². The van der Waals surface area contributed by atoms with Crippen LogP contribution in [0.4, 0.5) is 0 Å². The van der Waals surface area contributed by atoms with Gasteiger partial charge < -0.3 is 0 Å². The van der Waals surface area contributed by atoms with E-state index in [9.17, 15) is 0 Å². The maximum Gasteiger partial charge on any atom is 0.114 e. The van der Waals surface area contributed by atoms with Crippen molar-refractivity contribution in [3.8, 4) is 0 Å². The molecule has 3 atom stereocenters. The minimum atomic E-state index is -0.239. The standard InChI is InChI=1S/C14H24O2/c1-9-11-7-10(14(11,5)6)8-12(9)15-16-13(2,3)4/h10-12H,1,7-8H2,2-6H3/t10-,11+,12?/m1/s1. The molecule has 0 spiro atoms. The van der Waals surface area contributed by atoms with Gasteiger partial charge in [-0.25, -0.2) is 9.78 Å². The van der Waals surface area contributed by atoms with Crippen molar-refractivity contribution in [2.24, 2.45) is 17.3 Å². The second kappa shape index (κ2) is 3.58. The van der Waals surface area contributed by atoms with E-state index >= 15 is 0 Å². The van der Waals surface area contributed by atoms with Crippen LogP contribution in [0.2, 0.25) is 0 Å². The van der Waals surface area contributed by atoms with Gasteiger partial charge in [0.1, 0.15) is 6.10 Å². The Morgan fingerprint density at radius 2 is 1.88 bits per heavy atom. The molecule has 0 aliphatic heterocycles. The fourth-order valence-corrected chi connectivity index (χ4v) is 2.98. The van der Waals surface area contributed by atoms with E-state index in [1.165, 1.54) is 12.0 Å². The Hall–Kier alpha value is -0.340. The molecule has 0 aromatic heterocycles. The van der Waals surface area contributed by atoms with Crippen LogP contribution >= 0.6 is 0 Å². The van der Waals surface area contributed by atoms with Gasteiger partial charge in [-0.05, 0) is 56.4 Å². The first-order valence-corrected chi connectivity index (χ1v) is 6.25. The Morgan fingerprint density at radius 1 is 1.25 bits per heavy atom. The summed E-state index contributed by atoms with van der Waals surface area (Å²) < 4.78 is 0. The summed E-state index contributed by atoms with van der Waals surface area (Å²) in [5.74, 6) is 1.40. The lowest BCUT2D eigenvalue weighted by molar-refractivity contribution is -0.376. The lowest BCUT2D eigenvalue weighted by Crippen LogP contribution is -2.54. The zero-order valence-corrected chi connectivity index (χ0v) is 11.2. The highest BCUT2D eigenvalue weighted by Gasteiger charge is 2.55. The number of rotatable bonds is 2. The third-order valence-electron chi connectivity index (χ3n) is 4.24. The van der Waals surface area contributed by atoms with Crippen LogP contribution in [0.1, 0.15) is 47.5 Å². The molecule has 1 unspecified atom stereocenters. The maximum absolute atomic E-state index is 5.55. The van der Waals surface area contributed by atoms with Crippen molar-refractivity contribution in [1.29, 1.82) is 0 Å². The Labute approximate surface area is 98.9 Å². The van der Waals surface area contributed by atoms with E-state index in [-0.39, 0.29) is 11.7 Å². The van der Waals surface area contributed by atoms with Crippen LogP contribution in [0.15, 0.2) is 12.2 Å². The van der Waals surface area contributed by atoms with Crippen molar-refractivity contribution >= 4 is 0 Å². The summed E-state index contributed by atoms with van der Waals surface area (Å²) in [5.41, 5.74) is 1.42. The molecule has 0 aromatic rings. The van der Waals surface area contributed by atoms with Gasteiger partial charge in [0.2, 0.25) is 0 Å². The molecule has 0 aromatic carbocycles. The van der Waals surface area contributed by atoms with Crippen LogP contribution in [-0.4, -0.2) is 11.7 Å². The highest BCUT2D eigenvalue weighted by atomic mass is 17.2. The van der Waals surface area contributed by atoms with E-state index in [0.717, 1.165) is 12.3 Å². The number of hydrogen-bond acceptors (Lipinski definition) is 2. The number of hydrogen-bond donors (Lipinski definition) is 0. The normalized spacial score (nSPS) is 37.1. The quantitative estimate of drug-likeness (QED) is 0.404. The molecular weight excluding hydrogens is 200 g/mol. The summed E-state index contributed by atoms with van der Waals surface area (Å²) in [4.78, 5) is 11.0.